The van der Waals surface area contributed by atoms with E-state index in [1.807, 2.05) is 12.1 Å². The Bertz CT molecular complexity index is 1020. The van der Waals surface area contributed by atoms with E-state index in [4.69, 9.17) is 10.00 Å². The lowest BCUT2D eigenvalue weighted by molar-refractivity contribution is 0.0711. The standard InChI is InChI=1S/C23H27FN2O3S/c1-17(2)30(27,28)26-22-9-5-6-14-23(22,24)20-10-12-21(13-11-20)29-16-19-8-4-3-7-18(19)15-25/h3-4,7-8,10-13,17,22,26H,5-6,9,14,16H2,1-2H3/t22-,23-/m0/s1. The second-order valence-electron chi connectivity index (χ2n) is 7.95. The molecule has 0 heterocycles. The summed E-state index contributed by atoms with van der Waals surface area (Å²) in [6.07, 6.45) is 2.23. The lowest BCUT2D eigenvalue weighted by atomic mass is 9.77. The van der Waals surface area contributed by atoms with Crippen molar-refractivity contribution in [1.29, 1.82) is 5.26 Å². The summed E-state index contributed by atoms with van der Waals surface area (Å²) in [6, 6.07) is 15.3. The van der Waals surface area contributed by atoms with Gasteiger partial charge in [-0.05, 0) is 56.9 Å². The third kappa shape index (κ3) is 4.82. The van der Waals surface area contributed by atoms with Crippen molar-refractivity contribution in [3.8, 4) is 11.8 Å². The fraction of sp³-hybridized carbons (Fsp3) is 0.435. The van der Waals surface area contributed by atoms with Gasteiger partial charge in [0.1, 0.15) is 12.4 Å². The molecule has 7 heteroatoms. The van der Waals surface area contributed by atoms with Crippen molar-refractivity contribution in [3.63, 3.8) is 0 Å². The molecule has 0 bridgehead atoms. The average molecular weight is 431 g/mol. The van der Waals surface area contributed by atoms with E-state index >= 15 is 4.39 Å². The molecule has 0 radical (unpaired) electrons. The van der Waals surface area contributed by atoms with Crippen LogP contribution >= 0.6 is 0 Å². The highest BCUT2D eigenvalue weighted by Gasteiger charge is 2.44. The Morgan fingerprint density at radius 3 is 2.57 bits per heavy atom. The van der Waals surface area contributed by atoms with Gasteiger partial charge in [-0.1, -0.05) is 36.8 Å². The molecule has 2 atom stereocenters. The first-order valence-corrected chi connectivity index (χ1v) is 11.7. The smallest absolute Gasteiger partial charge is 0.214 e. The Morgan fingerprint density at radius 2 is 1.90 bits per heavy atom. The number of nitrogens with zero attached hydrogens (tertiary/aromatic N) is 1. The molecule has 0 amide bonds. The first-order valence-electron chi connectivity index (χ1n) is 10.2. The van der Waals surface area contributed by atoms with E-state index < -0.39 is 27.0 Å². The minimum absolute atomic E-state index is 0.237. The van der Waals surface area contributed by atoms with Crippen LogP contribution in [0.3, 0.4) is 0 Å². The van der Waals surface area contributed by atoms with E-state index in [0.717, 1.165) is 12.0 Å². The zero-order chi connectivity index (χ0) is 21.8. The van der Waals surface area contributed by atoms with Crippen LogP contribution in [0.2, 0.25) is 0 Å². The third-order valence-electron chi connectivity index (χ3n) is 5.63. The van der Waals surface area contributed by atoms with Gasteiger partial charge in [0.15, 0.2) is 5.67 Å². The number of alkyl halides is 1. The topological polar surface area (TPSA) is 79.2 Å². The summed E-state index contributed by atoms with van der Waals surface area (Å²) in [4.78, 5) is 0. The molecule has 160 valence electrons. The summed E-state index contributed by atoms with van der Waals surface area (Å²) < 4.78 is 49.0. The van der Waals surface area contributed by atoms with Crippen LogP contribution < -0.4 is 9.46 Å². The van der Waals surface area contributed by atoms with Crippen molar-refractivity contribution in [2.24, 2.45) is 0 Å². The molecule has 1 saturated carbocycles. The van der Waals surface area contributed by atoms with E-state index in [9.17, 15) is 8.42 Å². The van der Waals surface area contributed by atoms with Crippen LogP contribution in [0.15, 0.2) is 48.5 Å². The summed E-state index contributed by atoms with van der Waals surface area (Å²) >= 11 is 0. The molecule has 1 aliphatic rings. The molecular weight excluding hydrogens is 403 g/mol. The van der Waals surface area contributed by atoms with Crippen LogP contribution in [-0.2, 0) is 22.3 Å². The van der Waals surface area contributed by atoms with Crippen LogP contribution in [-0.4, -0.2) is 19.7 Å². The summed E-state index contributed by atoms with van der Waals surface area (Å²) in [5, 5.41) is 8.55. The number of halogens is 1. The van der Waals surface area contributed by atoms with Crippen molar-refractivity contribution < 1.29 is 17.5 Å². The van der Waals surface area contributed by atoms with Gasteiger partial charge >= 0.3 is 0 Å². The van der Waals surface area contributed by atoms with Gasteiger partial charge in [-0.3, -0.25) is 0 Å². The Balaban J connectivity index is 1.75. The van der Waals surface area contributed by atoms with Crippen molar-refractivity contribution >= 4 is 10.0 Å². The van der Waals surface area contributed by atoms with Gasteiger partial charge in [-0.15, -0.1) is 0 Å². The molecule has 0 unspecified atom stereocenters. The van der Waals surface area contributed by atoms with Crippen LogP contribution in [0, 0.1) is 11.3 Å². The molecule has 3 rings (SSSR count). The number of hydrogen-bond donors (Lipinski definition) is 1. The normalized spacial score (nSPS) is 21.9. The number of nitriles is 1. The highest BCUT2D eigenvalue weighted by molar-refractivity contribution is 7.90. The van der Waals surface area contributed by atoms with Gasteiger partial charge in [-0.25, -0.2) is 17.5 Å². The quantitative estimate of drug-likeness (QED) is 0.698. The first kappa shape index (κ1) is 22.3. The fourth-order valence-corrected chi connectivity index (χ4v) is 4.68. The summed E-state index contributed by atoms with van der Waals surface area (Å²) in [5.41, 5.74) is 0.0239. The Labute approximate surface area is 177 Å². The van der Waals surface area contributed by atoms with Gasteiger partial charge in [0, 0.05) is 5.56 Å². The van der Waals surface area contributed by atoms with Crippen LogP contribution in [0.1, 0.15) is 56.2 Å². The zero-order valence-electron chi connectivity index (χ0n) is 17.3. The van der Waals surface area contributed by atoms with Crippen molar-refractivity contribution in [2.45, 2.75) is 63.1 Å². The largest absolute Gasteiger partial charge is 0.489 e. The molecule has 0 saturated heterocycles. The van der Waals surface area contributed by atoms with Crippen LogP contribution in [0.4, 0.5) is 4.39 Å². The summed E-state index contributed by atoms with van der Waals surface area (Å²) in [6.45, 7) is 3.41. The number of benzene rings is 2. The van der Waals surface area contributed by atoms with E-state index in [0.29, 0.717) is 29.7 Å². The van der Waals surface area contributed by atoms with Gasteiger partial charge in [-0.2, -0.15) is 5.26 Å². The predicted molar refractivity (Wildman–Crippen MR) is 114 cm³/mol. The average Bonchev–Trinajstić information content (AvgIpc) is 2.74. The molecule has 1 N–H and O–H groups in total. The number of nitrogens with one attached hydrogen (secondary N) is 1. The maximum absolute atomic E-state index is 16.0. The molecule has 1 aliphatic carbocycles. The molecule has 5 nitrogen and oxygen atoms in total. The van der Waals surface area contributed by atoms with E-state index in [1.54, 1.807) is 50.2 Å². The molecular formula is C23H27FN2O3S. The van der Waals surface area contributed by atoms with Gasteiger partial charge in [0.25, 0.3) is 0 Å². The summed E-state index contributed by atoms with van der Waals surface area (Å²) in [7, 11) is -3.57. The molecule has 0 aromatic heterocycles. The monoisotopic (exact) mass is 430 g/mol. The second-order valence-corrected chi connectivity index (χ2v) is 10.2. The van der Waals surface area contributed by atoms with Crippen molar-refractivity contribution in [3.05, 3.63) is 65.2 Å². The molecule has 30 heavy (non-hydrogen) atoms. The number of hydrogen-bond acceptors (Lipinski definition) is 4. The maximum atomic E-state index is 16.0. The first-order chi connectivity index (χ1) is 14.3. The predicted octanol–water partition coefficient (Wildman–Crippen LogP) is 4.57. The third-order valence-corrected chi connectivity index (χ3v) is 7.48. The summed E-state index contributed by atoms with van der Waals surface area (Å²) in [5.74, 6) is 0.560. The van der Waals surface area contributed by atoms with E-state index in [-0.39, 0.29) is 13.0 Å². The second kappa shape index (κ2) is 9.15. The maximum Gasteiger partial charge on any atom is 0.214 e. The number of rotatable bonds is 7. The fourth-order valence-electron chi connectivity index (χ4n) is 3.71. The van der Waals surface area contributed by atoms with E-state index in [1.165, 1.54) is 0 Å². The molecule has 2 aromatic rings. The van der Waals surface area contributed by atoms with Crippen LogP contribution in [0.25, 0.3) is 0 Å². The Morgan fingerprint density at radius 1 is 1.20 bits per heavy atom. The van der Waals surface area contributed by atoms with Crippen molar-refractivity contribution in [2.75, 3.05) is 0 Å². The van der Waals surface area contributed by atoms with Gasteiger partial charge < -0.3 is 4.74 Å². The number of sulfonamides is 1. The minimum Gasteiger partial charge on any atom is -0.489 e. The Hall–Kier alpha value is -2.43. The van der Waals surface area contributed by atoms with Crippen molar-refractivity contribution in [1.82, 2.24) is 4.72 Å². The number of ether oxygens (including phenoxy) is 1. The lowest BCUT2D eigenvalue weighted by Gasteiger charge is -2.38. The van der Waals surface area contributed by atoms with Crippen LogP contribution in [0.5, 0.6) is 5.75 Å². The minimum atomic E-state index is -3.57. The van der Waals surface area contributed by atoms with E-state index in [2.05, 4.69) is 10.8 Å². The van der Waals surface area contributed by atoms with Gasteiger partial charge in [0.2, 0.25) is 10.0 Å². The van der Waals surface area contributed by atoms with Gasteiger partial charge in [0.05, 0.1) is 22.9 Å². The molecule has 0 spiro atoms. The molecule has 1 fully saturated rings. The Kier molecular flexibility index (Phi) is 6.79. The molecule has 0 aliphatic heterocycles. The highest BCUT2D eigenvalue weighted by atomic mass is 32.2. The lowest BCUT2D eigenvalue weighted by Crippen LogP contribution is -2.51. The molecule has 2 aromatic carbocycles. The highest BCUT2D eigenvalue weighted by Crippen LogP contribution is 2.42. The SMILES string of the molecule is CC(C)S(=O)(=O)N[C@H]1CCCC[C@]1(F)c1ccc(OCc2ccccc2C#N)cc1. The zero-order valence-corrected chi connectivity index (χ0v) is 18.1.